The van der Waals surface area contributed by atoms with Crippen molar-refractivity contribution < 1.29 is 23.1 Å². The summed E-state index contributed by atoms with van der Waals surface area (Å²) >= 11 is 0. The molecule has 1 saturated heterocycles. The van der Waals surface area contributed by atoms with Crippen LogP contribution in [0.25, 0.3) is 0 Å². The van der Waals surface area contributed by atoms with E-state index in [1.54, 1.807) is 13.8 Å². The highest BCUT2D eigenvalue weighted by Crippen LogP contribution is 2.31. The number of rotatable bonds is 4. The molecule has 0 aliphatic carbocycles. The Bertz CT molecular complexity index is 400. The van der Waals surface area contributed by atoms with Gasteiger partial charge < -0.3 is 10.0 Å². The van der Waals surface area contributed by atoms with E-state index in [2.05, 4.69) is 0 Å². The van der Waals surface area contributed by atoms with Gasteiger partial charge in [0.25, 0.3) is 0 Å². The highest BCUT2D eigenvalue weighted by atomic mass is 32.2. The lowest BCUT2D eigenvalue weighted by Gasteiger charge is -2.42. The lowest BCUT2D eigenvalue weighted by Crippen LogP contribution is -2.60. The monoisotopic (exact) mass is 263 g/mol. The van der Waals surface area contributed by atoms with Crippen LogP contribution in [0, 0.1) is 0 Å². The van der Waals surface area contributed by atoms with E-state index in [1.165, 1.54) is 4.90 Å². The van der Waals surface area contributed by atoms with E-state index in [4.69, 9.17) is 0 Å². The van der Waals surface area contributed by atoms with Crippen molar-refractivity contribution >= 4 is 22.2 Å². The van der Waals surface area contributed by atoms with Crippen molar-refractivity contribution in [2.45, 2.75) is 38.3 Å². The number of carboxylic acid groups (broad SMARTS) is 1. The van der Waals surface area contributed by atoms with Crippen molar-refractivity contribution in [3.05, 3.63) is 0 Å². The van der Waals surface area contributed by atoms with E-state index < -0.39 is 21.3 Å². The van der Waals surface area contributed by atoms with Gasteiger partial charge in [-0.05, 0) is 26.7 Å². The molecule has 98 valence electrons. The third-order valence-corrected chi connectivity index (χ3v) is 4.87. The van der Waals surface area contributed by atoms with Crippen LogP contribution >= 0.6 is 0 Å². The summed E-state index contributed by atoms with van der Waals surface area (Å²) in [5.74, 6) is -1.50. The maximum Gasteiger partial charge on any atom is 0.329 e. The Morgan fingerprint density at radius 3 is 2.12 bits per heavy atom. The largest absolute Gasteiger partial charge is 0.479 e. The Morgan fingerprint density at radius 1 is 1.35 bits per heavy atom. The molecule has 0 saturated carbocycles. The van der Waals surface area contributed by atoms with E-state index in [1.807, 2.05) is 0 Å². The molecule has 0 spiro atoms. The van der Waals surface area contributed by atoms with E-state index >= 15 is 0 Å². The molecule has 1 N–H and O–H groups in total. The van der Waals surface area contributed by atoms with Crippen LogP contribution in [0.1, 0.15) is 26.7 Å². The smallest absolute Gasteiger partial charge is 0.329 e. The van der Waals surface area contributed by atoms with Gasteiger partial charge in [-0.3, -0.25) is 4.79 Å². The zero-order valence-corrected chi connectivity index (χ0v) is 10.7. The van der Waals surface area contributed by atoms with Crippen LogP contribution in [0.3, 0.4) is 0 Å². The average Bonchev–Trinajstić information content (AvgIpc) is 2.20. The van der Waals surface area contributed by atoms with Crippen molar-refractivity contribution in [2.75, 3.05) is 11.5 Å². The highest BCUT2D eigenvalue weighted by Gasteiger charge is 2.48. The SMILES string of the molecule is CC(C)N(C=O)C1(C(=O)O)CCS(=O)(=O)CC1. The van der Waals surface area contributed by atoms with Gasteiger partial charge in [-0.1, -0.05) is 0 Å². The molecule has 0 aromatic heterocycles. The minimum absolute atomic E-state index is 0.0401. The molecular weight excluding hydrogens is 246 g/mol. The number of amides is 1. The molecule has 0 unspecified atom stereocenters. The predicted octanol–water partition coefficient (Wildman–Crippen LogP) is -0.115. The average molecular weight is 263 g/mol. The van der Waals surface area contributed by atoms with E-state index in [0.717, 1.165) is 0 Å². The number of carbonyl (C=O) groups excluding carboxylic acids is 1. The topological polar surface area (TPSA) is 91.8 Å². The molecule has 6 nitrogen and oxygen atoms in total. The molecular formula is C10H17NO5S. The maximum atomic E-state index is 11.4. The number of hydrogen-bond acceptors (Lipinski definition) is 4. The van der Waals surface area contributed by atoms with Crippen molar-refractivity contribution in [3.8, 4) is 0 Å². The predicted molar refractivity (Wildman–Crippen MR) is 61.3 cm³/mol. The van der Waals surface area contributed by atoms with Gasteiger partial charge in [0.05, 0.1) is 11.5 Å². The number of sulfone groups is 1. The summed E-state index contributed by atoms with van der Waals surface area (Å²) in [6, 6.07) is -0.274. The van der Waals surface area contributed by atoms with Crippen molar-refractivity contribution in [2.24, 2.45) is 0 Å². The Morgan fingerprint density at radius 2 is 1.82 bits per heavy atom. The second-order valence-electron chi connectivity index (χ2n) is 4.59. The molecule has 1 amide bonds. The number of hydrogen-bond donors (Lipinski definition) is 1. The van der Waals surface area contributed by atoms with Gasteiger partial charge >= 0.3 is 5.97 Å². The summed E-state index contributed by atoms with van der Waals surface area (Å²) in [5.41, 5.74) is -1.37. The minimum atomic E-state index is -3.16. The highest BCUT2D eigenvalue weighted by molar-refractivity contribution is 7.91. The molecule has 1 heterocycles. The molecule has 0 radical (unpaired) electrons. The second kappa shape index (κ2) is 4.64. The summed E-state index contributed by atoms with van der Waals surface area (Å²) in [4.78, 5) is 23.6. The van der Waals surface area contributed by atoms with Crippen LogP contribution in [0.4, 0.5) is 0 Å². The van der Waals surface area contributed by atoms with Gasteiger partial charge in [0.2, 0.25) is 6.41 Å². The summed E-state index contributed by atoms with van der Waals surface area (Å²) in [5, 5.41) is 9.31. The molecule has 1 aliphatic rings. The van der Waals surface area contributed by atoms with Crippen LogP contribution in [-0.2, 0) is 19.4 Å². The summed E-state index contributed by atoms with van der Waals surface area (Å²) < 4.78 is 22.7. The second-order valence-corrected chi connectivity index (χ2v) is 6.90. The molecule has 7 heteroatoms. The Balaban J connectivity index is 3.08. The maximum absolute atomic E-state index is 11.4. The zero-order valence-electron chi connectivity index (χ0n) is 9.92. The van der Waals surface area contributed by atoms with Gasteiger partial charge in [0.15, 0.2) is 9.84 Å². The first-order valence-corrected chi connectivity index (χ1v) is 7.25. The first kappa shape index (κ1) is 14.0. The first-order chi connectivity index (χ1) is 7.75. The number of carbonyl (C=O) groups is 2. The fourth-order valence-electron chi connectivity index (χ4n) is 2.18. The lowest BCUT2D eigenvalue weighted by atomic mass is 9.89. The normalized spacial score (nSPS) is 22.1. The fraction of sp³-hybridized carbons (Fsp3) is 0.800. The third kappa shape index (κ3) is 2.59. The third-order valence-electron chi connectivity index (χ3n) is 3.22. The lowest BCUT2D eigenvalue weighted by molar-refractivity contribution is -0.157. The van der Waals surface area contributed by atoms with Crippen molar-refractivity contribution in [1.29, 1.82) is 0 Å². The van der Waals surface area contributed by atoms with Crippen LogP contribution in [0.15, 0.2) is 0 Å². The van der Waals surface area contributed by atoms with Crippen LogP contribution in [0.2, 0.25) is 0 Å². The van der Waals surface area contributed by atoms with E-state index in [-0.39, 0.29) is 30.4 Å². The van der Waals surface area contributed by atoms with Crippen molar-refractivity contribution in [1.82, 2.24) is 4.90 Å². The minimum Gasteiger partial charge on any atom is -0.479 e. The summed E-state index contributed by atoms with van der Waals surface area (Å²) in [6.45, 7) is 3.42. The van der Waals surface area contributed by atoms with Gasteiger partial charge in [-0.2, -0.15) is 0 Å². The first-order valence-electron chi connectivity index (χ1n) is 5.43. The van der Waals surface area contributed by atoms with E-state index in [9.17, 15) is 23.1 Å². The molecule has 0 aromatic rings. The summed E-state index contributed by atoms with van der Waals surface area (Å²) in [6.07, 6.45) is 0.417. The van der Waals surface area contributed by atoms with Crippen LogP contribution in [-0.4, -0.2) is 53.9 Å². The standard InChI is InChI=1S/C10H17NO5S/c1-8(2)11(7-12)10(9(13)14)3-5-17(15,16)6-4-10/h7-8H,3-6H2,1-2H3,(H,13,14). The molecule has 0 atom stereocenters. The Kier molecular flexibility index (Phi) is 3.81. The molecule has 1 rings (SSSR count). The summed E-state index contributed by atoms with van der Waals surface area (Å²) in [7, 11) is -3.16. The molecule has 17 heavy (non-hydrogen) atoms. The molecule has 1 fully saturated rings. The fourth-order valence-corrected chi connectivity index (χ4v) is 3.68. The number of aliphatic carboxylic acids is 1. The Labute approximate surface area is 101 Å². The number of carboxylic acids is 1. The zero-order chi connectivity index (χ0) is 13.3. The van der Waals surface area contributed by atoms with Gasteiger partial charge in [0, 0.05) is 6.04 Å². The Hall–Kier alpha value is -1.11. The van der Waals surface area contributed by atoms with Gasteiger partial charge in [0.1, 0.15) is 5.54 Å². The van der Waals surface area contributed by atoms with Gasteiger partial charge in [-0.25, -0.2) is 13.2 Å². The number of nitrogens with zero attached hydrogens (tertiary/aromatic N) is 1. The van der Waals surface area contributed by atoms with E-state index in [0.29, 0.717) is 6.41 Å². The van der Waals surface area contributed by atoms with Crippen molar-refractivity contribution in [3.63, 3.8) is 0 Å². The van der Waals surface area contributed by atoms with Gasteiger partial charge in [-0.15, -0.1) is 0 Å². The van der Waals surface area contributed by atoms with Crippen LogP contribution < -0.4 is 0 Å². The molecule has 0 aromatic carbocycles. The quantitative estimate of drug-likeness (QED) is 0.714. The molecule has 0 bridgehead atoms. The molecule has 1 aliphatic heterocycles. The van der Waals surface area contributed by atoms with Crippen LogP contribution in [0.5, 0.6) is 0 Å².